The highest BCUT2D eigenvalue weighted by Crippen LogP contribution is 2.41. The molecule has 5 nitrogen and oxygen atoms in total. The molecule has 0 saturated carbocycles. The molecule has 1 aromatic rings. The summed E-state index contributed by atoms with van der Waals surface area (Å²) in [6.07, 6.45) is 0.127. The van der Waals surface area contributed by atoms with Gasteiger partial charge >= 0.3 is 5.97 Å². The molecule has 0 radical (unpaired) electrons. The Morgan fingerprint density at radius 1 is 1.52 bits per heavy atom. The Balaban J connectivity index is 2.37. The Bertz CT molecular complexity index is 578. The van der Waals surface area contributed by atoms with Crippen LogP contribution in [0.3, 0.4) is 0 Å². The summed E-state index contributed by atoms with van der Waals surface area (Å²) in [5.74, 6) is -0.457. The van der Waals surface area contributed by atoms with Gasteiger partial charge in [-0.25, -0.2) is 0 Å². The van der Waals surface area contributed by atoms with E-state index in [1.165, 1.54) is 12.0 Å². The van der Waals surface area contributed by atoms with E-state index in [1.54, 1.807) is 12.1 Å². The van der Waals surface area contributed by atoms with E-state index in [0.717, 1.165) is 0 Å². The van der Waals surface area contributed by atoms with Crippen LogP contribution in [0.5, 0.6) is 5.75 Å². The van der Waals surface area contributed by atoms with Crippen LogP contribution < -0.4 is 9.64 Å². The molecule has 1 unspecified atom stereocenters. The fourth-order valence-electron chi connectivity index (χ4n) is 2.30. The number of methoxy groups -OCH3 is 1. The molecule has 1 saturated heterocycles. The van der Waals surface area contributed by atoms with Crippen molar-refractivity contribution in [2.75, 3.05) is 25.2 Å². The van der Waals surface area contributed by atoms with E-state index in [2.05, 4.69) is 15.9 Å². The first-order valence-electron chi connectivity index (χ1n) is 6.48. The van der Waals surface area contributed by atoms with Crippen molar-refractivity contribution in [2.24, 2.45) is 5.92 Å². The van der Waals surface area contributed by atoms with Gasteiger partial charge in [-0.2, -0.15) is 0 Å². The van der Waals surface area contributed by atoms with Gasteiger partial charge in [0.05, 0.1) is 29.8 Å². The average molecular weight is 377 g/mol. The number of anilines is 1. The predicted octanol–water partition coefficient (Wildman–Crippen LogP) is 3.03. The largest absolute Gasteiger partial charge is 0.490 e. The van der Waals surface area contributed by atoms with E-state index < -0.39 is 5.92 Å². The molecule has 1 fully saturated rings. The maximum absolute atomic E-state index is 12.2. The molecule has 1 atom stereocenters. The highest BCUT2D eigenvalue weighted by molar-refractivity contribution is 9.10. The van der Waals surface area contributed by atoms with Crippen LogP contribution in [-0.2, 0) is 14.3 Å². The molecule has 1 aromatic carbocycles. The van der Waals surface area contributed by atoms with Gasteiger partial charge in [0.2, 0.25) is 5.91 Å². The minimum absolute atomic E-state index is 0.127. The summed E-state index contributed by atoms with van der Waals surface area (Å²) in [6, 6.07) is 3.36. The van der Waals surface area contributed by atoms with Crippen LogP contribution in [0.25, 0.3) is 0 Å². The molecule has 2 rings (SSSR count). The number of hydrogen-bond donors (Lipinski definition) is 0. The summed E-state index contributed by atoms with van der Waals surface area (Å²) in [7, 11) is 1.32. The Morgan fingerprint density at radius 2 is 2.24 bits per heavy atom. The topological polar surface area (TPSA) is 55.8 Å². The number of esters is 1. The molecule has 0 aliphatic carbocycles. The molecule has 1 aliphatic heterocycles. The minimum atomic E-state index is -0.463. The first-order chi connectivity index (χ1) is 9.97. The zero-order valence-corrected chi connectivity index (χ0v) is 14.0. The number of carbonyl (C=O) groups is 2. The molecular formula is C14H15BrClNO4. The van der Waals surface area contributed by atoms with Crippen LogP contribution in [-0.4, -0.2) is 32.1 Å². The second-order valence-electron chi connectivity index (χ2n) is 4.60. The number of benzene rings is 1. The van der Waals surface area contributed by atoms with Crippen molar-refractivity contribution >= 4 is 45.1 Å². The molecule has 1 heterocycles. The van der Waals surface area contributed by atoms with Crippen molar-refractivity contribution in [3.8, 4) is 5.75 Å². The molecule has 1 amide bonds. The Labute approximate surface area is 136 Å². The van der Waals surface area contributed by atoms with Crippen LogP contribution >= 0.6 is 27.5 Å². The Morgan fingerprint density at radius 3 is 2.86 bits per heavy atom. The second kappa shape index (κ2) is 6.66. The average Bonchev–Trinajstić information content (AvgIpc) is 2.82. The fourth-order valence-corrected chi connectivity index (χ4v) is 3.21. The molecule has 1 aliphatic rings. The first kappa shape index (κ1) is 16.1. The lowest BCUT2D eigenvalue weighted by atomic mass is 10.1. The lowest BCUT2D eigenvalue weighted by molar-refractivity contribution is -0.145. The normalized spacial score (nSPS) is 18.0. The summed E-state index contributed by atoms with van der Waals surface area (Å²) < 4.78 is 11.0. The maximum atomic E-state index is 12.2. The van der Waals surface area contributed by atoms with Gasteiger partial charge in [-0.15, -0.1) is 0 Å². The van der Waals surface area contributed by atoms with E-state index >= 15 is 0 Å². The number of ether oxygens (including phenoxy) is 2. The Kier molecular flexibility index (Phi) is 5.11. The van der Waals surface area contributed by atoms with E-state index in [1.807, 2.05) is 6.92 Å². The molecule has 0 bridgehead atoms. The lowest BCUT2D eigenvalue weighted by Crippen LogP contribution is -2.26. The first-order valence-corrected chi connectivity index (χ1v) is 7.65. The molecule has 0 aromatic heterocycles. The predicted molar refractivity (Wildman–Crippen MR) is 82.8 cm³/mol. The molecular weight excluding hydrogens is 362 g/mol. The number of halogens is 2. The molecule has 0 N–H and O–H groups in total. The van der Waals surface area contributed by atoms with Gasteiger partial charge in [0.15, 0.2) is 5.75 Å². The number of hydrogen-bond acceptors (Lipinski definition) is 4. The van der Waals surface area contributed by atoms with Crippen molar-refractivity contribution in [2.45, 2.75) is 13.3 Å². The van der Waals surface area contributed by atoms with Crippen LogP contribution in [0.4, 0.5) is 5.69 Å². The van der Waals surface area contributed by atoms with Crippen LogP contribution in [0, 0.1) is 5.92 Å². The summed E-state index contributed by atoms with van der Waals surface area (Å²) >= 11 is 9.44. The number of carbonyl (C=O) groups excluding carboxylic acids is 2. The van der Waals surface area contributed by atoms with Crippen molar-refractivity contribution < 1.29 is 19.1 Å². The zero-order chi connectivity index (χ0) is 15.6. The highest BCUT2D eigenvalue weighted by atomic mass is 79.9. The van der Waals surface area contributed by atoms with E-state index in [0.29, 0.717) is 27.5 Å². The van der Waals surface area contributed by atoms with E-state index in [-0.39, 0.29) is 24.8 Å². The summed E-state index contributed by atoms with van der Waals surface area (Å²) in [6.45, 7) is 2.57. The number of rotatable bonds is 4. The summed E-state index contributed by atoms with van der Waals surface area (Å²) in [5.41, 5.74) is 0.563. The van der Waals surface area contributed by atoms with Gasteiger partial charge in [-0.05, 0) is 35.0 Å². The third-order valence-electron chi connectivity index (χ3n) is 3.23. The standard InChI is InChI=1S/C14H15BrClNO4/c1-3-21-13-10(15)5-9(16)6-11(13)17-7-8(4-12(17)18)14(19)20-2/h5-6,8H,3-4,7H2,1-2H3. The van der Waals surface area contributed by atoms with Gasteiger partial charge in [-0.1, -0.05) is 11.6 Å². The van der Waals surface area contributed by atoms with Gasteiger partial charge in [0.25, 0.3) is 0 Å². The van der Waals surface area contributed by atoms with Gasteiger partial charge in [0.1, 0.15) is 0 Å². The van der Waals surface area contributed by atoms with Gasteiger partial charge in [0, 0.05) is 18.0 Å². The molecule has 114 valence electrons. The van der Waals surface area contributed by atoms with Crippen molar-refractivity contribution in [3.05, 3.63) is 21.6 Å². The number of nitrogens with zero attached hydrogens (tertiary/aromatic N) is 1. The van der Waals surface area contributed by atoms with Gasteiger partial charge < -0.3 is 14.4 Å². The SMILES string of the molecule is CCOc1c(Br)cc(Cl)cc1N1CC(C(=O)OC)CC1=O. The van der Waals surface area contributed by atoms with Gasteiger partial charge in [-0.3, -0.25) is 9.59 Å². The molecule has 7 heteroatoms. The molecule has 0 spiro atoms. The lowest BCUT2D eigenvalue weighted by Gasteiger charge is -2.21. The van der Waals surface area contributed by atoms with E-state index in [4.69, 9.17) is 21.1 Å². The van der Waals surface area contributed by atoms with Crippen molar-refractivity contribution in [3.63, 3.8) is 0 Å². The van der Waals surface area contributed by atoms with Crippen LogP contribution in [0.15, 0.2) is 16.6 Å². The smallest absolute Gasteiger partial charge is 0.311 e. The minimum Gasteiger partial charge on any atom is -0.490 e. The Hall–Kier alpha value is -1.27. The second-order valence-corrected chi connectivity index (χ2v) is 5.89. The summed E-state index contributed by atoms with van der Waals surface area (Å²) in [5, 5.41) is 0.481. The van der Waals surface area contributed by atoms with Crippen LogP contribution in [0.1, 0.15) is 13.3 Å². The highest BCUT2D eigenvalue weighted by Gasteiger charge is 2.37. The maximum Gasteiger partial charge on any atom is 0.311 e. The monoisotopic (exact) mass is 375 g/mol. The van der Waals surface area contributed by atoms with Crippen molar-refractivity contribution in [1.82, 2.24) is 0 Å². The third kappa shape index (κ3) is 3.32. The zero-order valence-electron chi connectivity index (χ0n) is 11.7. The quantitative estimate of drug-likeness (QED) is 0.758. The third-order valence-corrected chi connectivity index (χ3v) is 4.04. The summed E-state index contributed by atoms with van der Waals surface area (Å²) in [4.78, 5) is 25.3. The number of amides is 1. The van der Waals surface area contributed by atoms with Crippen molar-refractivity contribution in [1.29, 1.82) is 0 Å². The van der Waals surface area contributed by atoms with E-state index in [9.17, 15) is 9.59 Å². The van der Waals surface area contributed by atoms with Crippen LogP contribution in [0.2, 0.25) is 5.02 Å². The fraction of sp³-hybridized carbons (Fsp3) is 0.429. The molecule has 21 heavy (non-hydrogen) atoms.